The topological polar surface area (TPSA) is 66.5 Å². The lowest BCUT2D eigenvalue weighted by Crippen LogP contribution is -2.39. The van der Waals surface area contributed by atoms with Crippen molar-refractivity contribution in [3.8, 4) is 0 Å². The second-order valence-electron chi connectivity index (χ2n) is 3.67. The molecule has 0 atom stereocenters. The molecule has 0 aliphatic carbocycles. The van der Waals surface area contributed by atoms with Crippen LogP contribution in [0.4, 0.5) is 0 Å². The molecule has 0 unspecified atom stereocenters. The van der Waals surface area contributed by atoms with Crippen molar-refractivity contribution in [2.75, 3.05) is 37.7 Å². The lowest BCUT2D eigenvalue weighted by Gasteiger charge is -2.19. The van der Waals surface area contributed by atoms with Crippen LogP contribution in [0.5, 0.6) is 0 Å². The molecule has 15 heavy (non-hydrogen) atoms. The summed E-state index contributed by atoms with van der Waals surface area (Å²) in [7, 11) is -2.92. The Balaban J connectivity index is 2.47. The highest BCUT2D eigenvalue weighted by Gasteiger charge is 2.21. The van der Waals surface area contributed by atoms with Crippen LogP contribution in [0.1, 0.15) is 13.3 Å². The Kier molecular flexibility index (Phi) is 4.53. The van der Waals surface area contributed by atoms with Gasteiger partial charge in [-0.15, -0.1) is 0 Å². The summed E-state index contributed by atoms with van der Waals surface area (Å²) >= 11 is 0. The Labute approximate surface area is 90.7 Å². The standard InChI is InChI=1S/C9H18N2O3S/c1-2-10-8-9(12)11-4-3-6-15(13,14)7-5-11/h10H,2-8H2,1H3. The molecule has 0 aromatic carbocycles. The zero-order valence-corrected chi connectivity index (χ0v) is 9.85. The van der Waals surface area contributed by atoms with Gasteiger partial charge in [-0.2, -0.15) is 0 Å². The third kappa shape index (κ3) is 4.17. The van der Waals surface area contributed by atoms with E-state index in [4.69, 9.17) is 0 Å². The van der Waals surface area contributed by atoms with E-state index in [0.717, 1.165) is 6.54 Å². The van der Waals surface area contributed by atoms with E-state index in [1.165, 1.54) is 0 Å². The van der Waals surface area contributed by atoms with Gasteiger partial charge in [-0.3, -0.25) is 4.79 Å². The maximum absolute atomic E-state index is 11.6. The number of amides is 1. The molecule has 5 nitrogen and oxygen atoms in total. The molecule has 1 fully saturated rings. The SMILES string of the molecule is CCNCC(=O)N1CCCS(=O)(=O)CC1. The van der Waals surface area contributed by atoms with Crippen LogP contribution in [0.25, 0.3) is 0 Å². The van der Waals surface area contributed by atoms with Crippen molar-refractivity contribution < 1.29 is 13.2 Å². The molecule has 6 heteroatoms. The van der Waals surface area contributed by atoms with E-state index < -0.39 is 9.84 Å². The Hall–Kier alpha value is -0.620. The normalized spacial score (nSPS) is 21.0. The van der Waals surface area contributed by atoms with E-state index in [1.54, 1.807) is 4.90 Å². The van der Waals surface area contributed by atoms with E-state index in [1.807, 2.05) is 6.92 Å². The highest BCUT2D eigenvalue weighted by molar-refractivity contribution is 7.91. The molecule has 1 heterocycles. The lowest BCUT2D eigenvalue weighted by atomic mass is 10.4. The Morgan fingerprint density at radius 3 is 2.73 bits per heavy atom. The number of nitrogens with zero attached hydrogens (tertiary/aromatic N) is 1. The maximum Gasteiger partial charge on any atom is 0.236 e. The highest BCUT2D eigenvalue weighted by atomic mass is 32.2. The first-order valence-electron chi connectivity index (χ1n) is 5.24. The van der Waals surface area contributed by atoms with Crippen molar-refractivity contribution >= 4 is 15.7 Å². The summed E-state index contributed by atoms with van der Waals surface area (Å²) in [6.07, 6.45) is 0.556. The number of hydrogen-bond acceptors (Lipinski definition) is 4. The second kappa shape index (κ2) is 5.46. The molecule has 1 rings (SSSR count). The summed E-state index contributed by atoms with van der Waals surface area (Å²) in [5.74, 6) is 0.303. The first-order chi connectivity index (χ1) is 7.05. The van der Waals surface area contributed by atoms with Crippen LogP contribution in [0.2, 0.25) is 0 Å². The summed E-state index contributed by atoms with van der Waals surface area (Å²) in [5, 5.41) is 2.95. The average molecular weight is 234 g/mol. The molecular formula is C9H18N2O3S. The molecular weight excluding hydrogens is 216 g/mol. The van der Waals surface area contributed by atoms with E-state index in [9.17, 15) is 13.2 Å². The monoisotopic (exact) mass is 234 g/mol. The maximum atomic E-state index is 11.6. The Morgan fingerprint density at radius 2 is 2.07 bits per heavy atom. The van der Waals surface area contributed by atoms with Gasteiger partial charge in [0.2, 0.25) is 5.91 Å². The predicted molar refractivity (Wildman–Crippen MR) is 58.4 cm³/mol. The van der Waals surface area contributed by atoms with Crippen LogP contribution in [0.15, 0.2) is 0 Å². The summed E-state index contributed by atoms with van der Waals surface area (Å²) in [6.45, 7) is 3.88. The molecule has 1 amide bonds. The third-order valence-corrected chi connectivity index (χ3v) is 4.15. The smallest absolute Gasteiger partial charge is 0.236 e. The molecule has 0 aromatic heterocycles. The predicted octanol–water partition coefficient (Wildman–Crippen LogP) is -0.757. The van der Waals surface area contributed by atoms with Crippen LogP contribution >= 0.6 is 0 Å². The minimum atomic E-state index is -2.92. The number of rotatable bonds is 3. The van der Waals surface area contributed by atoms with Crippen molar-refractivity contribution in [3.63, 3.8) is 0 Å². The van der Waals surface area contributed by atoms with Crippen LogP contribution in [-0.2, 0) is 14.6 Å². The van der Waals surface area contributed by atoms with E-state index in [2.05, 4.69) is 5.32 Å². The molecule has 1 saturated heterocycles. The van der Waals surface area contributed by atoms with Gasteiger partial charge in [0.25, 0.3) is 0 Å². The summed E-state index contributed by atoms with van der Waals surface area (Å²) < 4.78 is 22.6. The number of hydrogen-bond donors (Lipinski definition) is 1. The van der Waals surface area contributed by atoms with Gasteiger partial charge in [-0.25, -0.2) is 8.42 Å². The van der Waals surface area contributed by atoms with Gasteiger partial charge in [0.05, 0.1) is 18.1 Å². The van der Waals surface area contributed by atoms with E-state index in [-0.39, 0.29) is 17.4 Å². The first-order valence-corrected chi connectivity index (χ1v) is 7.06. The van der Waals surface area contributed by atoms with Crippen molar-refractivity contribution in [2.24, 2.45) is 0 Å². The van der Waals surface area contributed by atoms with Crippen molar-refractivity contribution in [2.45, 2.75) is 13.3 Å². The van der Waals surface area contributed by atoms with E-state index in [0.29, 0.717) is 26.1 Å². The highest BCUT2D eigenvalue weighted by Crippen LogP contribution is 2.04. The van der Waals surface area contributed by atoms with Crippen molar-refractivity contribution in [1.29, 1.82) is 0 Å². The summed E-state index contributed by atoms with van der Waals surface area (Å²) in [4.78, 5) is 13.2. The minimum absolute atomic E-state index is 0.00560. The molecule has 1 N–H and O–H groups in total. The molecule has 0 aromatic rings. The molecule has 1 aliphatic rings. The van der Waals surface area contributed by atoms with Gasteiger partial charge < -0.3 is 10.2 Å². The zero-order chi connectivity index (χ0) is 11.3. The van der Waals surface area contributed by atoms with E-state index >= 15 is 0 Å². The van der Waals surface area contributed by atoms with Crippen LogP contribution in [-0.4, -0.2) is 56.9 Å². The number of sulfone groups is 1. The lowest BCUT2D eigenvalue weighted by molar-refractivity contribution is -0.129. The number of carbonyl (C=O) groups is 1. The molecule has 0 spiro atoms. The van der Waals surface area contributed by atoms with Crippen LogP contribution in [0, 0.1) is 0 Å². The van der Waals surface area contributed by atoms with Gasteiger partial charge in [0.15, 0.2) is 9.84 Å². The zero-order valence-electron chi connectivity index (χ0n) is 9.03. The van der Waals surface area contributed by atoms with Gasteiger partial charge in [-0.1, -0.05) is 6.92 Å². The fourth-order valence-corrected chi connectivity index (χ4v) is 2.80. The third-order valence-electron chi connectivity index (χ3n) is 2.43. The van der Waals surface area contributed by atoms with Gasteiger partial charge in [0.1, 0.15) is 0 Å². The first kappa shape index (κ1) is 12.4. The van der Waals surface area contributed by atoms with Crippen molar-refractivity contribution in [3.05, 3.63) is 0 Å². The molecule has 0 saturated carbocycles. The fourth-order valence-electron chi connectivity index (χ4n) is 1.53. The Morgan fingerprint density at radius 1 is 1.33 bits per heavy atom. The quantitative estimate of drug-likeness (QED) is 0.697. The largest absolute Gasteiger partial charge is 0.341 e. The average Bonchev–Trinajstić information content (AvgIpc) is 2.36. The van der Waals surface area contributed by atoms with Gasteiger partial charge in [0, 0.05) is 13.1 Å². The van der Waals surface area contributed by atoms with Crippen LogP contribution in [0.3, 0.4) is 0 Å². The van der Waals surface area contributed by atoms with Gasteiger partial charge in [-0.05, 0) is 13.0 Å². The second-order valence-corrected chi connectivity index (χ2v) is 5.97. The summed E-state index contributed by atoms with van der Waals surface area (Å²) in [5.41, 5.74) is 0. The molecule has 1 aliphatic heterocycles. The molecule has 88 valence electrons. The van der Waals surface area contributed by atoms with Crippen molar-refractivity contribution in [1.82, 2.24) is 10.2 Å². The number of nitrogens with one attached hydrogen (secondary N) is 1. The fraction of sp³-hybridized carbons (Fsp3) is 0.889. The molecule has 0 radical (unpaired) electrons. The minimum Gasteiger partial charge on any atom is -0.341 e. The molecule has 0 bridgehead atoms. The number of likely N-dealkylation sites (N-methyl/N-ethyl adjacent to an activating group) is 1. The number of carbonyl (C=O) groups excluding carboxylic acids is 1. The van der Waals surface area contributed by atoms with Gasteiger partial charge >= 0.3 is 0 Å². The Bertz CT molecular complexity index is 313. The van der Waals surface area contributed by atoms with Crippen LogP contribution < -0.4 is 5.32 Å². The summed E-state index contributed by atoms with van der Waals surface area (Å²) in [6, 6.07) is 0.